The van der Waals surface area contributed by atoms with Gasteiger partial charge in [-0.2, -0.15) is 0 Å². The molecule has 0 aromatic heterocycles. The predicted molar refractivity (Wildman–Crippen MR) is 58.3 cm³/mol. The first-order valence-corrected chi connectivity index (χ1v) is 4.93. The van der Waals surface area contributed by atoms with Crippen molar-refractivity contribution >= 4 is 17.4 Å². The molecule has 2 nitrogen and oxygen atoms in total. The maximum atomic E-state index is 5.74. The van der Waals surface area contributed by atoms with E-state index in [1.54, 1.807) is 18.9 Å². The summed E-state index contributed by atoms with van der Waals surface area (Å²) in [4.78, 5) is 1.14. The van der Waals surface area contributed by atoms with Gasteiger partial charge in [0, 0.05) is 10.6 Å². The number of methoxy groups -OCH3 is 1. The lowest BCUT2D eigenvalue weighted by molar-refractivity contribution is 0.416. The van der Waals surface area contributed by atoms with E-state index in [0.717, 1.165) is 16.4 Å². The van der Waals surface area contributed by atoms with Gasteiger partial charge in [0.25, 0.3) is 0 Å². The zero-order chi connectivity index (χ0) is 9.68. The monoisotopic (exact) mass is 195 g/mol. The zero-order valence-corrected chi connectivity index (χ0v) is 8.43. The highest BCUT2D eigenvalue weighted by atomic mass is 32.2. The summed E-state index contributed by atoms with van der Waals surface area (Å²) < 4.78 is 5.05. The van der Waals surface area contributed by atoms with E-state index in [4.69, 9.17) is 10.5 Å². The molecule has 0 aliphatic rings. The summed E-state index contributed by atoms with van der Waals surface area (Å²) in [7, 11) is 1.61. The average molecular weight is 195 g/mol. The van der Waals surface area contributed by atoms with Crippen LogP contribution in [0.25, 0.3) is 0 Å². The number of thioether (sulfide) groups is 1. The topological polar surface area (TPSA) is 35.2 Å². The van der Waals surface area contributed by atoms with E-state index >= 15 is 0 Å². The summed E-state index contributed by atoms with van der Waals surface area (Å²) in [5, 5.41) is 0. The maximum Gasteiger partial charge on any atom is 0.141 e. The number of rotatable bonds is 4. The minimum Gasteiger partial charge on any atom is -0.495 e. The Bertz CT molecular complexity index is 299. The fraction of sp³-hybridized carbons (Fsp3) is 0.200. The number of benzene rings is 1. The predicted octanol–water partition coefficient (Wildman–Crippen LogP) is 2.56. The molecule has 1 aromatic carbocycles. The molecule has 3 heteroatoms. The van der Waals surface area contributed by atoms with E-state index in [9.17, 15) is 0 Å². The van der Waals surface area contributed by atoms with E-state index in [1.807, 2.05) is 24.3 Å². The highest BCUT2D eigenvalue weighted by molar-refractivity contribution is 7.99. The second-order valence-corrected chi connectivity index (χ2v) is 3.60. The van der Waals surface area contributed by atoms with Crippen LogP contribution in [0.15, 0.2) is 35.7 Å². The number of anilines is 1. The number of hydrogen-bond acceptors (Lipinski definition) is 3. The van der Waals surface area contributed by atoms with Crippen LogP contribution in [0.3, 0.4) is 0 Å². The molecule has 1 aromatic rings. The van der Waals surface area contributed by atoms with Crippen LogP contribution in [0, 0.1) is 0 Å². The summed E-state index contributed by atoms with van der Waals surface area (Å²) in [5.41, 5.74) is 6.42. The van der Waals surface area contributed by atoms with Gasteiger partial charge in [-0.05, 0) is 18.2 Å². The average Bonchev–Trinajstić information content (AvgIpc) is 2.15. The molecule has 1 rings (SSSR count). The first-order valence-electron chi connectivity index (χ1n) is 3.95. The van der Waals surface area contributed by atoms with Crippen molar-refractivity contribution in [3.8, 4) is 5.75 Å². The van der Waals surface area contributed by atoms with Crippen LogP contribution in [-0.2, 0) is 0 Å². The molecule has 13 heavy (non-hydrogen) atoms. The smallest absolute Gasteiger partial charge is 0.141 e. The van der Waals surface area contributed by atoms with E-state index in [-0.39, 0.29) is 0 Å². The van der Waals surface area contributed by atoms with Gasteiger partial charge in [0.2, 0.25) is 0 Å². The molecule has 0 fully saturated rings. The van der Waals surface area contributed by atoms with Crippen molar-refractivity contribution in [1.82, 2.24) is 0 Å². The fourth-order valence-corrected chi connectivity index (χ4v) is 1.64. The maximum absolute atomic E-state index is 5.74. The van der Waals surface area contributed by atoms with Crippen molar-refractivity contribution in [2.45, 2.75) is 4.90 Å². The summed E-state index contributed by atoms with van der Waals surface area (Å²) in [5.74, 6) is 1.62. The Hall–Kier alpha value is -1.09. The second kappa shape index (κ2) is 4.82. The highest BCUT2D eigenvalue weighted by Gasteiger charge is 1.99. The Labute approximate surface area is 82.8 Å². The standard InChI is InChI=1S/C10H13NOS/c1-3-6-13-8-4-5-10(12-2)9(11)7-8/h3-5,7H,1,6,11H2,2H3. The van der Waals surface area contributed by atoms with Gasteiger partial charge in [0.05, 0.1) is 12.8 Å². The second-order valence-electron chi connectivity index (χ2n) is 2.50. The lowest BCUT2D eigenvalue weighted by atomic mass is 10.3. The Morgan fingerprint density at radius 1 is 1.62 bits per heavy atom. The summed E-state index contributed by atoms with van der Waals surface area (Å²) >= 11 is 1.70. The molecule has 0 aliphatic carbocycles. The van der Waals surface area contributed by atoms with Gasteiger partial charge in [-0.15, -0.1) is 18.3 Å². The minimum absolute atomic E-state index is 0.677. The lowest BCUT2D eigenvalue weighted by Gasteiger charge is -2.05. The molecule has 0 heterocycles. The Kier molecular flexibility index (Phi) is 3.71. The van der Waals surface area contributed by atoms with Gasteiger partial charge in [0.15, 0.2) is 0 Å². The van der Waals surface area contributed by atoms with Crippen molar-refractivity contribution < 1.29 is 4.74 Å². The quantitative estimate of drug-likeness (QED) is 0.455. The van der Waals surface area contributed by atoms with E-state index < -0.39 is 0 Å². The summed E-state index contributed by atoms with van der Waals surface area (Å²) in [6.45, 7) is 3.66. The van der Waals surface area contributed by atoms with E-state index in [2.05, 4.69) is 6.58 Å². The third-order valence-corrected chi connectivity index (χ3v) is 2.56. The molecule has 2 N–H and O–H groups in total. The first kappa shape index (κ1) is 9.99. The van der Waals surface area contributed by atoms with Crippen LogP contribution in [0.4, 0.5) is 5.69 Å². The molecule has 70 valence electrons. The number of hydrogen-bond donors (Lipinski definition) is 1. The van der Waals surface area contributed by atoms with Crippen molar-refractivity contribution in [3.05, 3.63) is 30.9 Å². The Balaban J connectivity index is 2.76. The van der Waals surface area contributed by atoms with Gasteiger partial charge in [0.1, 0.15) is 5.75 Å². The van der Waals surface area contributed by atoms with Crippen LogP contribution >= 0.6 is 11.8 Å². The molecular weight excluding hydrogens is 182 g/mol. The molecule has 0 amide bonds. The van der Waals surface area contributed by atoms with Crippen LogP contribution in [0.1, 0.15) is 0 Å². The van der Waals surface area contributed by atoms with Crippen molar-refractivity contribution in [2.24, 2.45) is 0 Å². The van der Waals surface area contributed by atoms with Gasteiger partial charge < -0.3 is 10.5 Å². The normalized spacial score (nSPS) is 9.62. The number of nitrogen functional groups attached to an aromatic ring is 1. The molecule has 0 aliphatic heterocycles. The van der Waals surface area contributed by atoms with Crippen molar-refractivity contribution in [1.29, 1.82) is 0 Å². The van der Waals surface area contributed by atoms with Gasteiger partial charge in [-0.25, -0.2) is 0 Å². The lowest BCUT2D eigenvalue weighted by Crippen LogP contribution is -1.91. The fourth-order valence-electron chi connectivity index (χ4n) is 0.957. The van der Waals surface area contributed by atoms with Crippen LogP contribution in [-0.4, -0.2) is 12.9 Å². The largest absolute Gasteiger partial charge is 0.495 e. The molecule has 0 atom stereocenters. The number of ether oxygens (including phenoxy) is 1. The van der Waals surface area contributed by atoms with E-state index in [0.29, 0.717) is 5.69 Å². The third-order valence-electron chi connectivity index (χ3n) is 1.57. The molecule has 0 saturated heterocycles. The Morgan fingerprint density at radius 3 is 2.92 bits per heavy atom. The third kappa shape index (κ3) is 2.70. The number of nitrogens with two attached hydrogens (primary N) is 1. The van der Waals surface area contributed by atoms with Crippen LogP contribution in [0.2, 0.25) is 0 Å². The SMILES string of the molecule is C=CCSc1ccc(OC)c(N)c1. The zero-order valence-electron chi connectivity index (χ0n) is 7.62. The van der Waals surface area contributed by atoms with Crippen molar-refractivity contribution in [2.75, 3.05) is 18.6 Å². The highest BCUT2D eigenvalue weighted by Crippen LogP contribution is 2.27. The molecule has 0 spiro atoms. The molecule has 0 bridgehead atoms. The molecule has 0 saturated carbocycles. The molecule has 0 radical (unpaired) electrons. The van der Waals surface area contributed by atoms with Crippen LogP contribution < -0.4 is 10.5 Å². The first-order chi connectivity index (χ1) is 6.27. The molecular formula is C10H13NOS. The summed E-state index contributed by atoms with van der Waals surface area (Å²) in [6.07, 6.45) is 1.87. The van der Waals surface area contributed by atoms with Gasteiger partial charge in [-0.1, -0.05) is 6.08 Å². The molecule has 0 unspecified atom stereocenters. The van der Waals surface area contributed by atoms with Crippen molar-refractivity contribution in [3.63, 3.8) is 0 Å². The summed E-state index contributed by atoms with van der Waals surface area (Å²) in [6, 6.07) is 5.77. The minimum atomic E-state index is 0.677. The van der Waals surface area contributed by atoms with Gasteiger partial charge in [-0.3, -0.25) is 0 Å². The van der Waals surface area contributed by atoms with Gasteiger partial charge >= 0.3 is 0 Å². The van der Waals surface area contributed by atoms with Crippen LogP contribution in [0.5, 0.6) is 5.75 Å². The van der Waals surface area contributed by atoms with E-state index in [1.165, 1.54) is 0 Å². The Morgan fingerprint density at radius 2 is 2.38 bits per heavy atom.